The summed E-state index contributed by atoms with van der Waals surface area (Å²) >= 11 is 2.05. The van der Waals surface area contributed by atoms with E-state index in [1.54, 1.807) is 11.4 Å². The van der Waals surface area contributed by atoms with Crippen LogP contribution < -0.4 is 17.8 Å². The van der Waals surface area contributed by atoms with Gasteiger partial charge in [-0.15, -0.1) is 10.2 Å². The van der Waals surface area contributed by atoms with Crippen molar-refractivity contribution in [1.82, 2.24) is 24.5 Å². The zero-order valence-electron chi connectivity index (χ0n) is 33.2. The van der Waals surface area contributed by atoms with Gasteiger partial charge in [0.05, 0.1) is 41.1 Å². The number of unbranched alkanes of at least 4 members (excludes halogenated alkanes) is 2. The van der Waals surface area contributed by atoms with E-state index < -0.39 is 40.5 Å². The van der Waals surface area contributed by atoms with Crippen molar-refractivity contribution >= 4 is 57.4 Å². The number of benzene rings is 2. The van der Waals surface area contributed by atoms with E-state index in [-0.39, 0.29) is 64.3 Å². The number of anilines is 1. The van der Waals surface area contributed by atoms with E-state index in [0.717, 1.165) is 57.1 Å². The van der Waals surface area contributed by atoms with Gasteiger partial charge >= 0.3 is 23.2 Å². The molecule has 14 nitrogen and oxygen atoms in total. The summed E-state index contributed by atoms with van der Waals surface area (Å²) < 4.78 is 56.2. The SMILES string of the molecule is CCCCC(CC)COC(=O)c1cc(OS(=O)Nc2ccc(Cl)c(OS(=O)NC(C)c3nnc4cc(C(C)C)[nH]n34)c2)cc(C(=O)OCC(CC)CCCC)c1. The number of rotatable bonds is 24. The fourth-order valence-electron chi connectivity index (χ4n) is 5.76. The van der Waals surface area contributed by atoms with Gasteiger partial charge in [0.2, 0.25) is 0 Å². The number of carbonyl (C=O) groups excluding carboxylic acids is 2. The Hall–Kier alpha value is -3.99. The average molecular weight is 835 g/mol. The van der Waals surface area contributed by atoms with Crippen molar-refractivity contribution in [1.29, 1.82) is 0 Å². The molecule has 3 N–H and O–H groups in total. The van der Waals surface area contributed by atoms with E-state index in [1.165, 1.54) is 36.4 Å². The summed E-state index contributed by atoms with van der Waals surface area (Å²) in [5.74, 6) is -0.0934. The Balaban J connectivity index is 1.45. The minimum atomic E-state index is -2.24. The molecule has 0 aliphatic heterocycles. The number of fused-ring (bicyclic) bond motifs is 1. The first-order valence-corrected chi connectivity index (χ1v) is 21.8. The highest BCUT2D eigenvalue weighted by molar-refractivity contribution is 7.82. The highest BCUT2D eigenvalue weighted by atomic mass is 35.5. The van der Waals surface area contributed by atoms with Gasteiger partial charge in [-0.3, -0.25) is 9.82 Å². The molecule has 0 aliphatic rings. The van der Waals surface area contributed by atoms with Gasteiger partial charge in [0.25, 0.3) is 11.3 Å². The van der Waals surface area contributed by atoms with E-state index in [4.69, 9.17) is 29.4 Å². The number of aromatic amines is 1. The number of esters is 2. The molecular formula is C39H55ClN6O8S2. The van der Waals surface area contributed by atoms with Crippen LogP contribution in [-0.2, 0) is 32.0 Å². The zero-order chi connectivity index (χ0) is 40.8. The maximum absolute atomic E-state index is 13.3. The molecule has 2 aromatic heterocycles. The number of hydrogen-bond donors (Lipinski definition) is 3. The van der Waals surface area contributed by atoms with Crippen molar-refractivity contribution in [2.24, 2.45) is 11.8 Å². The van der Waals surface area contributed by atoms with Crippen LogP contribution in [0.15, 0.2) is 42.5 Å². The topological polar surface area (TPSA) is 175 Å². The van der Waals surface area contributed by atoms with Crippen molar-refractivity contribution in [2.75, 3.05) is 17.9 Å². The number of nitrogens with one attached hydrogen (secondary N) is 3. The molecule has 5 atom stereocenters. The standard InChI is InChI=1S/C39H55ClN6O8S2/c1-8-12-14-27(10-3)23-51-38(47)29-18-30(39(48)52-24-28(11-4)15-13-9-2)20-32(19-29)53-56(50)45-31-16-17-33(40)35(21-31)54-55(49)44-26(7)37-42-41-36-22-34(25(5)6)43-46(36)37/h16-22,25-28,43-45H,8-15,23-24H2,1-7H3. The number of ether oxygens (including phenoxy) is 2. The van der Waals surface area contributed by atoms with Crippen LogP contribution in [0.4, 0.5) is 5.69 Å². The monoisotopic (exact) mass is 834 g/mol. The number of nitrogens with zero attached hydrogens (tertiary/aromatic N) is 3. The first kappa shape index (κ1) is 44.7. The lowest BCUT2D eigenvalue weighted by Gasteiger charge is -2.16. The molecule has 0 saturated carbocycles. The summed E-state index contributed by atoms with van der Waals surface area (Å²) in [7, 11) is 0. The molecule has 308 valence electrons. The zero-order valence-corrected chi connectivity index (χ0v) is 35.6. The molecule has 5 unspecified atom stereocenters. The van der Waals surface area contributed by atoms with Gasteiger partial charge in [-0.05, 0) is 67.9 Å². The fourth-order valence-corrected chi connectivity index (χ4v) is 7.34. The largest absolute Gasteiger partial charge is 0.462 e. The number of halogens is 1. The quantitative estimate of drug-likeness (QED) is 0.0578. The van der Waals surface area contributed by atoms with Crippen molar-refractivity contribution in [2.45, 2.75) is 112 Å². The van der Waals surface area contributed by atoms with Gasteiger partial charge in [-0.25, -0.2) is 14.1 Å². The molecule has 2 heterocycles. The summed E-state index contributed by atoms with van der Waals surface area (Å²) in [6.07, 6.45) is 7.73. The Bertz CT molecular complexity index is 1900. The third-order valence-corrected chi connectivity index (χ3v) is 11.3. The molecule has 0 radical (unpaired) electrons. The van der Waals surface area contributed by atoms with Gasteiger partial charge < -0.3 is 17.8 Å². The lowest BCUT2D eigenvalue weighted by molar-refractivity contribution is 0.0425. The molecule has 0 fully saturated rings. The van der Waals surface area contributed by atoms with Crippen molar-refractivity contribution in [3.8, 4) is 11.5 Å². The molecule has 2 aromatic carbocycles. The minimum absolute atomic E-state index is 0.0248. The van der Waals surface area contributed by atoms with Crippen LogP contribution in [0.5, 0.6) is 11.5 Å². The molecule has 4 aromatic rings. The molecular weight excluding hydrogens is 780 g/mol. The number of hydrogen-bond acceptors (Lipinski definition) is 10. The second-order valence-electron chi connectivity index (χ2n) is 14.1. The van der Waals surface area contributed by atoms with Crippen molar-refractivity contribution in [3.05, 3.63) is 70.1 Å². The van der Waals surface area contributed by atoms with Crippen LogP contribution in [0.25, 0.3) is 5.65 Å². The predicted molar refractivity (Wildman–Crippen MR) is 219 cm³/mol. The molecule has 0 saturated heterocycles. The van der Waals surface area contributed by atoms with E-state index >= 15 is 0 Å². The molecule has 17 heteroatoms. The average Bonchev–Trinajstić information content (AvgIpc) is 3.78. The van der Waals surface area contributed by atoms with Crippen molar-refractivity contribution in [3.63, 3.8) is 0 Å². The summed E-state index contributed by atoms with van der Waals surface area (Å²) in [4.78, 5) is 26.5. The fraction of sp³-hybridized carbons (Fsp3) is 0.538. The molecule has 0 spiro atoms. The van der Waals surface area contributed by atoms with Crippen molar-refractivity contribution < 1.29 is 35.8 Å². The molecule has 56 heavy (non-hydrogen) atoms. The Morgan fingerprint density at radius 1 is 0.821 bits per heavy atom. The van der Waals surface area contributed by atoms with Crippen LogP contribution >= 0.6 is 11.6 Å². The minimum Gasteiger partial charge on any atom is -0.462 e. The summed E-state index contributed by atoms with van der Waals surface area (Å²) in [6, 6.07) is 9.92. The third-order valence-electron chi connectivity index (χ3n) is 9.36. The summed E-state index contributed by atoms with van der Waals surface area (Å²) in [6.45, 7) is 14.7. The van der Waals surface area contributed by atoms with Crippen LogP contribution in [0, 0.1) is 11.8 Å². The Morgan fingerprint density at radius 2 is 1.43 bits per heavy atom. The third kappa shape index (κ3) is 13.0. The second-order valence-corrected chi connectivity index (χ2v) is 16.2. The van der Waals surface area contributed by atoms with Gasteiger partial charge in [-0.2, -0.15) is 13.1 Å². The van der Waals surface area contributed by atoms with Gasteiger partial charge in [0, 0.05) is 17.8 Å². The Morgan fingerprint density at radius 3 is 1.98 bits per heavy atom. The molecule has 0 bridgehead atoms. The Labute approximate surface area is 339 Å². The van der Waals surface area contributed by atoms with E-state index in [1.807, 2.05) is 6.07 Å². The van der Waals surface area contributed by atoms with Crippen LogP contribution in [-0.4, -0.2) is 53.4 Å². The molecule has 0 aliphatic carbocycles. The number of aromatic nitrogens is 4. The van der Waals surface area contributed by atoms with E-state index in [0.29, 0.717) is 11.5 Å². The first-order chi connectivity index (χ1) is 26.8. The maximum Gasteiger partial charge on any atom is 0.338 e. The summed E-state index contributed by atoms with van der Waals surface area (Å²) in [5, 5.41) is 11.8. The first-order valence-electron chi connectivity index (χ1n) is 19.3. The number of carbonyl (C=O) groups is 2. The number of H-pyrrole nitrogens is 1. The predicted octanol–water partition coefficient (Wildman–Crippen LogP) is 8.96. The van der Waals surface area contributed by atoms with Gasteiger partial charge in [0.1, 0.15) is 5.75 Å². The van der Waals surface area contributed by atoms with Crippen LogP contribution in [0.2, 0.25) is 5.02 Å². The molecule has 4 rings (SSSR count). The van der Waals surface area contributed by atoms with Gasteiger partial charge in [-0.1, -0.05) is 91.7 Å². The lowest BCUT2D eigenvalue weighted by Crippen LogP contribution is -2.26. The Kier molecular flexibility index (Phi) is 17.6. The second kappa shape index (κ2) is 22.1. The summed E-state index contributed by atoms with van der Waals surface area (Å²) in [5.41, 5.74) is 1.99. The van der Waals surface area contributed by atoms with Crippen LogP contribution in [0.3, 0.4) is 0 Å². The highest BCUT2D eigenvalue weighted by Crippen LogP contribution is 2.30. The smallest absolute Gasteiger partial charge is 0.338 e. The highest BCUT2D eigenvalue weighted by Gasteiger charge is 2.22. The van der Waals surface area contributed by atoms with Crippen LogP contribution in [0.1, 0.15) is 144 Å². The lowest BCUT2D eigenvalue weighted by atomic mass is 10.0. The van der Waals surface area contributed by atoms with Gasteiger partial charge in [0.15, 0.2) is 17.2 Å². The van der Waals surface area contributed by atoms with E-state index in [9.17, 15) is 18.0 Å². The molecule has 0 amide bonds. The normalized spacial score (nSPS) is 14.2. The van der Waals surface area contributed by atoms with E-state index in [2.05, 4.69) is 66.3 Å². The maximum atomic E-state index is 13.3.